The van der Waals surface area contributed by atoms with E-state index in [1.807, 2.05) is 28.9 Å². The molecule has 1 N–H and O–H groups in total. The van der Waals surface area contributed by atoms with E-state index in [0.717, 1.165) is 11.3 Å². The van der Waals surface area contributed by atoms with E-state index in [0.29, 0.717) is 22.3 Å². The number of benzene rings is 1. The number of hydrogen-bond donors (Lipinski definition) is 1. The van der Waals surface area contributed by atoms with Crippen molar-refractivity contribution in [1.29, 1.82) is 0 Å². The summed E-state index contributed by atoms with van der Waals surface area (Å²) < 4.78 is 4.19. The Balaban J connectivity index is 1.96. The molecule has 8 heteroatoms. The van der Waals surface area contributed by atoms with Gasteiger partial charge in [-0.25, -0.2) is 3.21 Å². The molecular formula is C14H11Cl2IN4O. The van der Waals surface area contributed by atoms with Gasteiger partial charge in [-0.3, -0.25) is 4.79 Å². The number of carbonyl (C=O) groups is 1. The minimum Gasteiger partial charge on any atom is -0.309 e. The van der Waals surface area contributed by atoms with E-state index in [9.17, 15) is 4.79 Å². The second-order valence-electron chi connectivity index (χ2n) is 4.32. The van der Waals surface area contributed by atoms with Crippen LogP contribution in [0.2, 0.25) is 10.0 Å². The van der Waals surface area contributed by atoms with Crippen molar-refractivity contribution in [1.82, 2.24) is 10.2 Å². The van der Waals surface area contributed by atoms with Gasteiger partial charge in [0.25, 0.3) is 0 Å². The molecule has 0 aliphatic rings. The normalized spacial score (nSPS) is 11.3. The molecule has 1 amide bonds. The molecule has 0 spiro atoms. The van der Waals surface area contributed by atoms with E-state index in [1.165, 1.54) is 0 Å². The molecule has 0 aliphatic heterocycles. The molecule has 0 aliphatic carbocycles. The molecule has 2 aromatic rings. The van der Waals surface area contributed by atoms with E-state index in [2.05, 4.69) is 18.7 Å². The molecule has 1 aromatic carbocycles. The summed E-state index contributed by atoms with van der Waals surface area (Å²) in [6.45, 7) is 0. The van der Waals surface area contributed by atoms with Crippen molar-refractivity contribution in [3.8, 4) is 0 Å². The summed E-state index contributed by atoms with van der Waals surface area (Å²) in [5.74, 6) is 0.271. The van der Waals surface area contributed by atoms with Crippen LogP contribution in [-0.4, -0.2) is 21.8 Å². The Morgan fingerprint density at radius 1 is 1.23 bits per heavy atom. The molecule has 2 rings (SSSR count). The largest absolute Gasteiger partial charge is 0.309 e. The maximum atomic E-state index is 11.9. The van der Waals surface area contributed by atoms with E-state index >= 15 is 0 Å². The predicted octanol–water partition coefficient (Wildman–Crippen LogP) is 4.34. The lowest BCUT2D eigenvalue weighted by atomic mass is 10.1. The first-order valence-electron chi connectivity index (χ1n) is 6.31. The highest BCUT2D eigenvalue weighted by Gasteiger charge is 2.10. The molecule has 0 saturated carbocycles. The highest BCUT2D eigenvalue weighted by molar-refractivity contribution is 14.1. The number of carbonyl (C=O) groups excluding carboxylic acids is 1. The summed E-state index contributed by atoms with van der Waals surface area (Å²) in [4.78, 5) is 11.9. The summed E-state index contributed by atoms with van der Waals surface area (Å²) in [6, 6.07) is 8.65. The fraction of sp³-hybridized carbons (Fsp3) is 0.143. The third kappa shape index (κ3) is 4.89. The zero-order valence-corrected chi connectivity index (χ0v) is 14.9. The monoisotopic (exact) mass is 448 g/mol. The number of nitrogens with zero attached hydrogens (tertiary/aromatic N) is 3. The fourth-order valence-electron chi connectivity index (χ4n) is 1.72. The average molecular weight is 449 g/mol. The van der Waals surface area contributed by atoms with E-state index in [4.69, 9.17) is 23.2 Å². The third-order valence-electron chi connectivity index (χ3n) is 2.78. The Bertz CT molecular complexity index is 694. The van der Waals surface area contributed by atoms with Gasteiger partial charge in [-0.1, -0.05) is 29.3 Å². The maximum absolute atomic E-state index is 11.9. The molecule has 114 valence electrons. The zero-order valence-electron chi connectivity index (χ0n) is 11.3. The minimum absolute atomic E-state index is 0.155. The van der Waals surface area contributed by atoms with Crippen LogP contribution >= 0.6 is 46.1 Å². The van der Waals surface area contributed by atoms with Crippen molar-refractivity contribution in [3.05, 3.63) is 52.1 Å². The first-order chi connectivity index (χ1) is 10.6. The topological polar surface area (TPSA) is 67.2 Å². The summed E-state index contributed by atoms with van der Waals surface area (Å²) in [5, 5.41) is 11.1. The standard InChI is InChI=1S/C14H11Cl2IN4O/c15-10-4-3-9(8-11(10)16)12(20-17)5-6-14(22)19-13-2-1-7-18-21-13/h1-4,7-8H,5-6H2,(H,19,21,22)/b20-12+. The quantitative estimate of drug-likeness (QED) is 0.546. The Kier molecular flexibility index (Phi) is 6.53. The van der Waals surface area contributed by atoms with Gasteiger partial charge < -0.3 is 5.32 Å². The molecule has 0 bridgehead atoms. The second kappa shape index (κ2) is 8.40. The lowest BCUT2D eigenvalue weighted by molar-refractivity contribution is -0.116. The molecule has 0 fully saturated rings. The van der Waals surface area contributed by atoms with Gasteiger partial charge in [0.05, 0.1) is 38.6 Å². The van der Waals surface area contributed by atoms with Gasteiger partial charge in [0.1, 0.15) is 0 Å². The summed E-state index contributed by atoms with van der Waals surface area (Å²) >= 11 is 13.8. The Hall–Kier alpha value is -1.25. The number of rotatable bonds is 5. The van der Waals surface area contributed by atoms with Gasteiger partial charge in [-0.05, 0) is 36.2 Å². The van der Waals surface area contributed by atoms with Crippen LogP contribution in [0.5, 0.6) is 0 Å². The molecule has 1 heterocycles. The van der Waals surface area contributed by atoms with Crippen molar-refractivity contribution in [3.63, 3.8) is 0 Å². The molecule has 5 nitrogen and oxygen atoms in total. The molecular weight excluding hydrogens is 438 g/mol. The molecule has 0 saturated heterocycles. The van der Waals surface area contributed by atoms with Gasteiger partial charge in [-0.2, -0.15) is 5.10 Å². The summed E-state index contributed by atoms with van der Waals surface area (Å²) in [7, 11) is 0. The van der Waals surface area contributed by atoms with Crippen LogP contribution in [0.4, 0.5) is 5.82 Å². The highest BCUT2D eigenvalue weighted by atomic mass is 127. The Labute approximate surface area is 151 Å². The van der Waals surface area contributed by atoms with Crippen LogP contribution in [0.1, 0.15) is 18.4 Å². The minimum atomic E-state index is -0.155. The molecule has 22 heavy (non-hydrogen) atoms. The number of aromatic nitrogens is 2. The van der Waals surface area contributed by atoms with Crippen LogP contribution in [0.3, 0.4) is 0 Å². The van der Waals surface area contributed by atoms with Crippen LogP contribution in [0.25, 0.3) is 0 Å². The average Bonchev–Trinajstić information content (AvgIpc) is 2.52. The van der Waals surface area contributed by atoms with Gasteiger partial charge >= 0.3 is 0 Å². The number of hydrogen-bond acceptors (Lipinski definition) is 4. The van der Waals surface area contributed by atoms with Gasteiger partial charge in [0, 0.05) is 12.6 Å². The van der Waals surface area contributed by atoms with Crippen LogP contribution in [0.15, 0.2) is 39.7 Å². The van der Waals surface area contributed by atoms with Crippen molar-refractivity contribution in [2.45, 2.75) is 12.8 Å². The smallest absolute Gasteiger partial charge is 0.225 e. The lowest BCUT2D eigenvalue weighted by Gasteiger charge is -2.07. The van der Waals surface area contributed by atoms with Crippen LogP contribution in [-0.2, 0) is 4.79 Å². The molecule has 1 aromatic heterocycles. The van der Waals surface area contributed by atoms with Crippen molar-refractivity contribution in [2.75, 3.05) is 5.32 Å². The van der Waals surface area contributed by atoms with Crippen LogP contribution < -0.4 is 5.32 Å². The lowest BCUT2D eigenvalue weighted by Crippen LogP contribution is -2.14. The van der Waals surface area contributed by atoms with Crippen molar-refractivity contribution < 1.29 is 4.79 Å². The van der Waals surface area contributed by atoms with Gasteiger partial charge in [0.2, 0.25) is 5.91 Å². The number of halogens is 3. The third-order valence-corrected chi connectivity index (χ3v) is 4.10. The Morgan fingerprint density at radius 2 is 2.05 bits per heavy atom. The number of amides is 1. The molecule has 0 radical (unpaired) electrons. The Morgan fingerprint density at radius 3 is 2.68 bits per heavy atom. The van der Waals surface area contributed by atoms with Gasteiger partial charge in [-0.15, -0.1) is 5.10 Å². The maximum Gasteiger partial charge on any atom is 0.225 e. The van der Waals surface area contributed by atoms with E-state index in [1.54, 1.807) is 30.5 Å². The van der Waals surface area contributed by atoms with Crippen LogP contribution in [0, 0.1) is 0 Å². The van der Waals surface area contributed by atoms with Crippen molar-refractivity contribution in [2.24, 2.45) is 3.21 Å². The van der Waals surface area contributed by atoms with E-state index in [-0.39, 0.29) is 12.3 Å². The molecule has 0 atom stereocenters. The first-order valence-corrected chi connectivity index (χ1v) is 8.03. The first kappa shape index (κ1) is 17.1. The highest BCUT2D eigenvalue weighted by Crippen LogP contribution is 2.24. The van der Waals surface area contributed by atoms with Crippen molar-refractivity contribution >= 4 is 63.5 Å². The fourth-order valence-corrected chi connectivity index (χ4v) is 2.53. The summed E-state index contributed by atoms with van der Waals surface area (Å²) in [5.41, 5.74) is 1.62. The molecule has 0 unspecified atom stereocenters. The number of anilines is 1. The zero-order chi connectivity index (χ0) is 15.9. The predicted molar refractivity (Wildman–Crippen MR) is 96.9 cm³/mol. The second-order valence-corrected chi connectivity index (χ2v) is 5.61. The van der Waals surface area contributed by atoms with Gasteiger partial charge in [0.15, 0.2) is 5.82 Å². The summed E-state index contributed by atoms with van der Waals surface area (Å²) in [6.07, 6.45) is 2.30. The van der Waals surface area contributed by atoms with E-state index < -0.39 is 0 Å². The SMILES string of the molecule is O=C(CC/C(=N\I)c1ccc(Cl)c(Cl)c1)Nc1cccnn1. The number of nitrogens with one attached hydrogen (secondary N) is 1.